The highest BCUT2D eigenvalue weighted by Crippen LogP contribution is 2.40. The molecule has 9 heteroatoms. The second kappa shape index (κ2) is 17.7. The molecule has 56 heavy (non-hydrogen) atoms. The fraction of sp³-hybridized carbons (Fsp3) is 0.234. The lowest BCUT2D eigenvalue weighted by Crippen LogP contribution is -2.68. The van der Waals surface area contributed by atoms with Gasteiger partial charge in [0.2, 0.25) is 0 Å². The average Bonchev–Trinajstić information content (AvgIpc) is 3.18. The van der Waals surface area contributed by atoms with Gasteiger partial charge >= 0.3 is 5.97 Å². The molecular formula is C47H47FNO5PSi. The molecule has 0 aliphatic rings. The molecule has 0 aliphatic heterocycles. The third-order valence-electron chi connectivity index (χ3n) is 9.89. The van der Waals surface area contributed by atoms with Gasteiger partial charge in [-0.1, -0.05) is 162 Å². The van der Waals surface area contributed by atoms with E-state index in [9.17, 15) is 18.9 Å². The van der Waals surface area contributed by atoms with Crippen LogP contribution in [-0.2, 0) is 18.3 Å². The molecule has 0 bridgehead atoms. The van der Waals surface area contributed by atoms with E-state index < -0.39 is 33.5 Å². The first-order valence-electron chi connectivity index (χ1n) is 18.8. The predicted molar refractivity (Wildman–Crippen MR) is 228 cm³/mol. The van der Waals surface area contributed by atoms with E-state index in [1.54, 1.807) is 12.1 Å². The van der Waals surface area contributed by atoms with Crippen molar-refractivity contribution in [3.05, 3.63) is 151 Å². The van der Waals surface area contributed by atoms with Crippen LogP contribution >= 0.6 is 8.03 Å². The van der Waals surface area contributed by atoms with Gasteiger partial charge in [0, 0.05) is 17.3 Å². The summed E-state index contributed by atoms with van der Waals surface area (Å²) in [5.41, 5.74) is 4.79. The van der Waals surface area contributed by atoms with Gasteiger partial charge in [-0.2, -0.15) is 0 Å². The van der Waals surface area contributed by atoms with E-state index in [-0.39, 0.29) is 30.9 Å². The van der Waals surface area contributed by atoms with E-state index in [0.29, 0.717) is 5.56 Å². The number of carbonyl (C=O) groups is 1. The Morgan fingerprint density at radius 2 is 1.45 bits per heavy atom. The summed E-state index contributed by atoms with van der Waals surface area (Å²) in [4.78, 5) is 17.3. The number of nitrogens with zero attached hydrogens (tertiary/aromatic N) is 1. The Labute approximate surface area is 330 Å². The Morgan fingerprint density at radius 1 is 0.839 bits per heavy atom. The second-order valence-corrected chi connectivity index (χ2v) is 20.9. The summed E-state index contributed by atoms with van der Waals surface area (Å²) in [7, 11) is -5.93. The van der Waals surface area contributed by atoms with Gasteiger partial charge in [0.05, 0.1) is 29.5 Å². The number of rotatable bonds is 13. The molecule has 0 spiro atoms. The van der Waals surface area contributed by atoms with E-state index in [1.807, 2.05) is 84.9 Å². The number of pyridine rings is 1. The minimum atomic E-state index is -3.13. The van der Waals surface area contributed by atoms with Crippen molar-refractivity contribution in [3.63, 3.8) is 0 Å². The lowest BCUT2D eigenvalue weighted by atomic mass is 9.92. The summed E-state index contributed by atoms with van der Waals surface area (Å²) in [6.45, 7) is 10.3. The lowest BCUT2D eigenvalue weighted by Gasteiger charge is -2.45. The largest absolute Gasteiger partial charge is 0.481 e. The summed E-state index contributed by atoms with van der Waals surface area (Å²) in [5.74, 6) is 4.93. The summed E-state index contributed by atoms with van der Waals surface area (Å²) in [6, 6.07) is 42.5. The fourth-order valence-electron chi connectivity index (χ4n) is 7.34. The summed E-state index contributed by atoms with van der Waals surface area (Å²) >= 11 is 0. The van der Waals surface area contributed by atoms with Crippen molar-refractivity contribution in [2.75, 3.05) is 12.8 Å². The molecule has 0 aliphatic carbocycles. The maximum atomic E-state index is 14.1. The van der Waals surface area contributed by atoms with Crippen LogP contribution in [0.15, 0.2) is 133 Å². The number of carboxylic acids is 1. The van der Waals surface area contributed by atoms with Gasteiger partial charge in [-0.05, 0) is 55.9 Å². The highest BCUT2D eigenvalue weighted by atomic mass is 31.1. The van der Waals surface area contributed by atoms with E-state index in [1.165, 1.54) is 12.1 Å². The highest BCUT2D eigenvalue weighted by Gasteiger charge is 2.51. The van der Waals surface area contributed by atoms with Crippen LogP contribution in [0.25, 0.3) is 33.2 Å². The molecule has 6 nitrogen and oxygen atoms in total. The molecule has 6 aromatic rings. The first-order valence-corrected chi connectivity index (χ1v) is 22.2. The SMILES string of the molecule is CC(C)c1nc(-c2cccc3ccccc23)cc(-c2ccc(F)cc2)c1C#CCO[PH](=O)C[C@H](CC(=O)O)O[Si](c1ccccc1)(c1ccccc1)C(C)(C)C. The number of carboxylic acid groups (broad SMARTS) is 1. The Hall–Kier alpha value is -5.16. The molecule has 2 atom stereocenters. The van der Waals surface area contributed by atoms with Crippen molar-refractivity contribution < 1.29 is 27.8 Å². The van der Waals surface area contributed by atoms with Gasteiger partial charge < -0.3 is 14.1 Å². The van der Waals surface area contributed by atoms with Crippen molar-refractivity contribution in [3.8, 4) is 34.2 Å². The van der Waals surface area contributed by atoms with Crippen molar-refractivity contribution in [2.24, 2.45) is 0 Å². The van der Waals surface area contributed by atoms with Gasteiger partial charge in [0.15, 0.2) is 8.03 Å². The zero-order valence-electron chi connectivity index (χ0n) is 32.4. The van der Waals surface area contributed by atoms with Crippen molar-refractivity contribution >= 4 is 43.5 Å². The standard InChI is InChI=1S/C47H47FNO5PSi/c1-33(2)46-42(43(35-25-27-36(48)28-26-35)31-44(49-46)41-23-14-17-34-16-12-13-22-40(34)41)24-15-29-53-55(52)32-37(30-45(50)51)54-56(47(3,4)5,38-18-8-6-9-19-38)39-20-10-7-11-21-39/h6-14,16-23,25-28,31,33,37,55H,29-30,32H2,1-5H3,(H,50,51)/t37-/m0/s1. The molecule has 0 saturated carbocycles. The van der Waals surface area contributed by atoms with Crippen molar-refractivity contribution in [1.29, 1.82) is 0 Å². The second-order valence-electron chi connectivity index (χ2n) is 15.2. The Kier molecular flexibility index (Phi) is 12.8. The number of fused-ring (bicyclic) bond motifs is 1. The smallest absolute Gasteiger partial charge is 0.305 e. The zero-order chi connectivity index (χ0) is 39.9. The van der Waals surface area contributed by atoms with Crippen LogP contribution in [0.1, 0.15) is 58.2 Å². The molecule has 1 aromatic heterocycles. The predicted octanol–water partition coefficient (Wildman–Crippen LogP) is 10.1. The van der Waals surface area contributed by atoms with E-state index >= 15 is 0 Å². The van der Waals surface area contributed by atoms with Crippen LogP contribution in [0.5, 0.6) is 0 Å². The minimum absolute atomic E-state index is 0.0103. The maximum absolute atomic E-state index is 14.1. The van der Waals surface area contributed by atoms with Crippen LogP contribution < -0.4 is 10.4 Å². The monoisotopic (exact) mass is 783 g/mol. The minimum Gasteiger partial charge on any atom is -0.481 e. The Morgan fingerprint density at radius 3 is 2.05 bits per heavy atom. The molecule has 6 rings (SSSR count). The van der Waals surface area contributed by atoms with Crippen LogP contribution in [0, 0.1) is 17.7 Å². The van der Waals surface area contributed by atoms with Crippen LogP contribution in [0.4, 0.5) is 4.39 Å². The number of aliphatic carboxylic acids is 1. The first-order chi connectivity index (χ1) is 26.9. The molecule has 5 aromatic carbocycles. The molecule has 0 saturated heterocycles. The Balaban J connectivity index is 1.31. The molecule has 0 radical (unpaired) electrons. The van der Waals surface area contributed by atoms with Crippen LogP contribution in [-0.4, -0.2) is 43.2 Å². The molecule has 1 N–H and O–H groups in total. The maximum Gasteiger partial charge on any atom is 0.305 e. The summed E-state index contributed by atoms with van der Waals surface area (Å²) < 4.78 is 40.7. The van der Waals surface area contributed by atoms with E-state index in [0.717, 1.165) is 49.2 Å². The summed E-state index contributed by atoms with van der Waals surface area (Å²) in [5, 5.41) is 13.7. The third kappa shape index (κ3) is 9.10. The first kappa shape index (κ1) is 40.5. The van der Waals surface area contributed by atoms with Crippen molar-refractivity contribution in [2.45, 2.75) is 58.1 Å². The zero-order valence-corrected chi connectivity index (χ0v) is 34.4. The van der Waals surface area contributed by atoms with Gasteiger partial charge in [-0.25, -0.2) is 4.39 Å². The highest BCUT2D eigenvalue weighted by molar-refractivity contribution is 7.39. The number of halogens is 1. The van der Waals surface area contributed by atoms with Crippen molar-refractivity contribution in [1.82, 2.24) is 4.98 Å². The van der Waals surface area contributed by atoms with Gasteiger partial charge in [-0.3, -0.25) is 14.3 Å². The third-order valence-corrected chi connectivity index (χ3v) is 16.2. The fourth-order valence-corrected chi connectivity index (χ4v) is 13.1. The van der Waals surface area contributed by atoms with Crippen LogP contribution in [0.2, 0.25) is 5.04 Å². The quantitative estimate of drug-likeness (QED) is 0.0713. The Bertz CT molecular complexity index is 2340. The molecular weight excluding hydrogens is 737 g/mol. The topological polar surface area (TPSA) is 85.7 Å². The van der Waals surface area contributed by atoms with E-state index in [4.69, 9.17) is 13.9 Å². The van der Waals surface area contributed by atoms with Gasteiger partial charge in [0.1, 0.15) is 12.4 Å². The number of hydrogen-bond donors (Lipinski definition) is 1. The molecule has 1 heterocycles. The normalized spacial score (nSPS) is 12.9. The lowest BCUT2D eigenvalue weighted by molar-refractivity contribution is -0.138. The molecule has 0 amide bonds. The molecule has 286 valence electrons. The van der Waals surface area contributed by atoms with Gasteiger partial charge in [0.25, 0.3) is 8.32 Å². The van der Waals surface area contributed by atoms with E-state index in [2.05, 4.69) is 70.7 Å². The van der Waals surface area contributed by atoms with Gasteiger partial charge in [-0.15, -0.1) is 0 Å². The average molecular weight is 784 g/mol. The van der Waals surface area contributed by atoms with Crippen LogP contribution in [0.3, 0.4) is 0 Å². The number of benzene rings is 5. The summed E-state index contributed by atoms with van der Waals surface area (Å²) in [6.07, 6.45) is -1.28. The number of hydrogen-bond acceptors (Lipinski definition) is 5. The number of aromatic nitrogens is 1. The molecule has 0 fully saturated rings. The molecule has 1 unspecified atom stereocenters.